The number of nitrogens with one attached hydrogen (secondary N) is 2. The second-order valence-corrected chi connectivity index (χ2v) is 4.97. The third kappa shape index (κ3) is 5.04. The first-order chi connectivity index (χ1) is 8.17. The molecule has 1 amide bonds. The zero-order valence-corrected chi connectivity index (χ0v) is 11.0. The molecule has 0 bridgehead atoms. The van der Waals surface area contributed by atoms with E-state index in [-0.39, 0.29) is 12.0 Å². The lowest BCUT2D eigenvalue weighted by Gasteiger charge is -2.17. The maximum atomic E-state index is 11.6. The molecule has 0 aromatic carbocycles. The van der Waals surface area contributed by atoms with Gasteiger partial charge in [0.25, 0.3) is 0 Å². The smallest absolute Gasteiger partial charge is 0.234 e. The van der Waals surface area contributed by atoms with E-state index in [2.05, 4.69) is 24.5 Å². The molecule has 4 heteroatoms. The van der Waals surface area contributed by atoms with Gasteiger partial charge in [-0.2, -0.15) is 0 Å². The van der Waals surface area contributed by atoms with E-state index in [0.717, 1.165) is 38.6 Å². The van der Waals surface area contributed by atoms with Crippen LogP contribution in [0.4, 0.5) is 0 Å². The van der Waals surface area contributed by atoms with Gasteiger partial charge in [0.05, 0.1) is 12.6 Å². The molecule has 1 aliphatic rings. The average molecular weight is 242 g/mol. The molecule has 1 fully saturated rings. The van der Waals surface area contributed by atoms with Crippen LogP contribution in [0.1, 0.15) is 46.0 Å². The van der Waals surface area contributed by atoms with Gasteiger partial charge in [-0.1, -0.05) is 20.3 Å². The van der Waals surface area contributed by atoms with Crippen molar-refractivity contribution < 1.29 is 9.90 Å². The van der Waals surface area contributed by atoms with Crippen LogP contribution < -0.4 is 10.6 Å². The van der Waals surface area contributed by atoms with Crippen LogP contribution in [0.5, 0.6) is 0 Å². The predicted octanol–water partition coefficient (Wildman–Crippen LogP) is 1.04. The fourth-order valence-corrected chi connectivity index (χ4v) is 2.40. The number of aliphatic hydroxyl groups excluding tert-OH is 1. The SMILES string of the molecule is CCC(CC)NC(=O)CNCC1CCCC1O. The molecule has 0 aromatic rings. The van der Waals surface area contributed by atoms with Gasteiger partial charge in [0, 0.05) is 12.6 Å². The van der Waals surface area contributed by atoms with Crippen molar-refractivity contribution in [3.8, 4) is 0 Å². The van der Waals surface area contributed by atoms with Gasteiger partial charge in [-0.25, -0.2) is 0 Å². The average Bonchev–Trinajstić information content (AvgIpc) is 2.72. The highest BCUT2D eigenvalue weighted by atomic mass is 16.3. The van der Waals surface area contributed by atoms with Crippen molar-refractivity contribution >= 4 is 5.91 Å². The molecule has 0 aliphatic heterocycles. The molecule has 100 valence electrons. The molecule has 2 unspecified atom stereocenters. The summed E-state index contributed by atoms with van der Waals surface area (Å²) in [6, 6.07) is 0.293. The number of rotatable bonds is 7. The second-order valence-electron chi connectivity index (χ2n) is 4.97. The quantitative estimate of drug-likeness (QED) is 0.625. The molecule has 2 atom stereocenters. The van der Waals surface area contributed by atoms with E-state index >= 15 is 0 Å². The third-order valence-corrected chi connectivity index (χ3v) is 3.66. The van der Waals surface area contributed by atoms with Crippen LogP contribution in [-0.4, -0.2) is 36.2 Å². The van der Waals surface area contributed by atoms with Crippen LogP contribution >= 0.6 is 0 Å². The van der Waals surface area contributed by atoms with Crippen LogP contribution in [0.2, 0.25) is 0 Å². The fourth-order valence-electron chi connectivity index (χ4n) is 2.40. The Hall–Kier alpha value is -0.610. The third-order valence-electron chi connectivity index (χ3n) is 3.66. The Morgan fingerprint density at radius 2 is 2.06 bits per heavy atom. The highest BCUT2D eigenvalue weighted by Crippen LogP contribution is 2.24. The first-order valence-electron chi connectivity index (χ1n) is 6.85. The minimum atomic E-state index is -0.176. The van der Waals surface area contributed by atoms with Crippen LogP contribution in [0, 0.1) is 5.92 Å². The van der Waals surface area contributed by atoms with Gasteiger partial charge in [0.2, 0.25) is 5.91 Å². The number of carbonyl (C=O) groups excluding carboxylic acids is 1. The van der Waals surface area contributed by atoms with E-state index in [4.69, 9.17) is 0 Å². The standard InChI is InChI=1S/C13H26N2O2/c1-3-11(4-2)15-13(17)9-14-8-10-6-5-7-12(10)16/h10-12,14,16H,3-9H2,1-2H3,(H,15,17). The Balaban J connectivity index is 2.11. The van der Waals surface area contributed by atoms with E-state index in [0.29, 0.717) is 18.5 Å². The highest BCUT2D eigenvalue weighted by Gasteiger charge is 2.24. The van der Waals surface area contributed by atoms with Crippen molar-refractivity contribution in [3.05, 3.63) is 0 Å². The first-order valence-corrected chi connectivity index (χ1v) is 6.85. The van der Waals surface area contributed by atoms with E-state index in [9.17, 15) is 9.90 Å². The van der Waals surface area contributed by atoms with Gasteiger partial charge in [-0.15, -0.1) is 0 Å². The second kappa shape index (κ2) is 7.67. The predicted molar refractivity (Wildman–Crippen MR) is 68.7 cm³/mol. The largest absolute Gasteiger partial charge is 0.393 e. The zero-order chi connectivity index (χ0) is 12.7. The van der Waals surface area contributed by atoms with E-state index in [1.165, 1.54) is 0 Å². The number of amides is 1. The zero-order valence-electron chi connectivity index (χ0n) is 11.0. The summed E-state index contributed by atoms with van der Waals surface area (Å²) in [5.41, 5.74) is 0. The van der Waals surface area contributed by atoms with Crippen LogP contribution in [0.15, 0.2) is 0 Å². The Bertz CT molecular complexity index is 229. The minimum Gasteiger partial charge on any atom is -0.393 e. The molecule has 17 heavy (non-hydrogen) atoms. The number of carbonyl (C=O) groups is 1. The molecule has 1 aliphatic carbocycles. The number of aliphatic hydroxyl groups is 1. The normalized spacial score (nSPS) is 24.2. The van der Waals surface area contributed by atoms with Crippen LogP contribution in [-0.2, 0) is 4.79 Å². The van der Waals surface area contributed by atoms with Gasteiger partial charge in [0.1, 0.15) is 0 Å². The molecule has 0 aromatic heterocycles. The summed E-state index contributed by atoms with van der Waals surface area (Å²) >= 11 is 0. The maximum Gasteiger partial charge on any atom is 0.234 e. The lowest BCUT2D eigenvalue weighted by atomic mass is 10.1. The van der Waals surface area contributed by atoms with Crippen LogP contribution in [0.25, 0.3) is 0 Å². The fraction of sp³-hybridized carbons (Fsp3) is 0.923. The molecular weight excluding hydrogens is 216 g/mol. The first kappa shape index (κ1) is 14.5. The molecule has 1 saturated carbocycles. The van der Waals surface area contributed by atoms with Crippen molar-refractivity contribution in [1.82, 2.24) is 10.6 Å². The Morgan fingerprint density at radius 3 is 2.59 bits per heavy atom. The Kier molecular flexibility index (Phi) is 6.52. The lowest BCUT2D eigenvalue weighted by molar-refractivity contribution is -0.121. The monoisotopic (exact) mass is 242 g/mol. The van der Waals surface area contributed by atoms with Gasteiger partial charge in [-0.05, 0) is 31.6 Å². The number of hydrogen-bond acceptors (Lipinski definition) is 3. The van der Waals surface area contributed by atoms with E-state index < -0.39 is 0 Å². The molecule has 3 N–H and O–H groups in total. The van der Waals surface area contributed by atoms with Gasteiger partial charge >= 0.3 is 0 Å². The number of hydrogen-bond donors (Lipinski definition) is 3. The van der Waals surface area contributed by atoms with Crippen LogP contribution in [0.3, 0.4) is 0 Å². The molecule has 0 spiro atoms. The van der Waals surface area contributed by atoms with Gasteiger partial charge in [0.15, 0.2) is 0 Å². The van der Waals surface area contributed by atoms with Crippen molar-refractivity contribution in [2.75, 3.05) is 13.1 Å². The van der Waals surface area contributed by atoms with E-state index in [1.807, 2.05) is 0 Å². The topological polar surface area (TPSA) is 61.4 Å². The van der Waals surface area contributed by atoms with E-state index in [1.54, 1.807) is 0 Å². The summed E-state index contributed by atoms with van der Waals surface area (Å²) in [6.07, 6.45) is 4.86. The Morgan fingerprint density at radius 1 is 1.35 bits per heavy atom. The molecule has 1 rings (SSSR count). The highest BCUT2D eigenvalue weighted by molar-refractivity contribution is 5.78. The summed E-state index contributed by atoms with van der Waals surface area (Å²) in [5.74, 6) is 0.391. The lowest BCUT2D eigenvalue weighted by Crippen LogP contribution is -2.41. The molecule has 4 nitrogen and oxygen atoms in total. The van der Waals surface area contributed by atoms with Crippen molar-refractivity contribution in [1.29, 1.82) is 0 Å². The summed E-state index contributed by atoms with van der Waals surface area (Å²) < 4.78 is 0. The van der Waals surface area contributed by atoms with Crippen molar-refractivity contribution in [2.45, 2.75) is 58.1 Å². The van der Waals surface area contributed by atoms with Gasteiger partial charge in [-0.3, -0.25) is 4.79 Å². The van der Waals surface area contributed by atoms with Crippen molar-refractivity contribution in [2.24, 2.45) is 5.92 Å². The molecule has 0 heterocycles. The molecule has 0 saturated heterocycles. The summed E-state index contributed by atoms with van der Waals surface area (Å²) in [5, 5.41) is 15.8. The minimum absolute atomic E-state index is 0.0613. The summed E-state index contributed by atoms with van der Waals surface area (Å²) in [7, 11) is 0. The summed E-state index contributed by atoms with van der Waals surface area (Å²) in [4.78, 5) is 11.6. The van der Waals surface area contributed by atoms with Crippen molar-refractivity contribution in [3.63, 3.8) is 0 Å². The summed E-state index contributed by atoms with van der Waals surface area (Å²) in [6.45, 7) is 5.27. The maximum absolute atomic E-state index is 11.6. The molecular formula is C13H26N2O2. The van der Waals surface area contributed by atoms with Gasteiger partial charge < -0.3 is 15.7 Å². The molecule has 0 radical (unpaired) electrons. The Labute approximate surface area is 104 Å².